The maximum Gasteiger partial charge on any atom is 0.119 e. The quantitative estimate of drug-likeness (QED) is 0.547. The number of nitrogens with zero attached hydrogens (tertiary/aromatic N) is 1. The van der Waals surface area contributed by atoms with Crippen LogP contribution in [0.15, 0.2) is 66.7 Å². The van der Waals surface area contributed by atoms with Gasteiger partial charge in [-0.15, -0.1) is 11.3 Å². The zero-order valence-corrected chi connectivity index (χ0v) is 17.2. The number of aliphatic hydroxyl groups excluding tert-OH is 1. The second kappa shape index (κ2) is 10.3. The third kappa shape index (κ3) is 6.37. The van der Waals surface area contributed by atoms with Crippen molar-refractivity contribution in [3.8, 4) is 11.5 Å². The lowest BCUT2D eigenvalue weighted by molar-refractivity contribution is 0.0632. The van der Waals surface area contributed by atoms with Crippen LogP contribution in [0.4, 0.5) is 0 Å². The zero-order valence-electron chi connectivity index (χ0n) is 16.4. The molecule has 0 aliphatic heterocycles. The first-order chi connectivity index (χ1) is 13.6. The first-order valence-corrected chi connectivity index (χ1v) is 10.2. The number of ether oxygens (including phenoxy) is 2. The maximum atomic E-state index is 10.6. The van der Waals surface area contributed by atoms with Crippen molar-refractivity contribution in [1.82, 2.24) is 4.90 Å². The fourth-order valence-electron chi connectivity index (χ4n) is 3.03. The summed E-state index contributed by atoms with van der Waals surface area (Å²) in [6.45, 7) is 4.51. The number of hydrogen-bond donors (Lipinski definition) is 1. The van der Waals surface area contributed by atoms with E-state index in [-0.39, 0.29) is 6.61 Å². The Morgan fingerprint density at radius 3 is 2.29 bits per heavy atom. The predicted molar refractivity (Wildman–Crippen MR) is 114 cm³/mol. The molecule has 148 valence electrons. The van der Waals surface area contributed by atoms with Crippen molar-refractivity contribution >= 4 is 11.3 Å². The van der Waals surface area contributed by atoms with Gasteiger partial charge in [-0.3, -0.25) is 4.90 Å². The van der Waals surface area contributed by atoms with Crippen LogP contribution < -0.4 is 9.47 Å². The van der Waals surface area contributed by atoms with Crippen LogP contribution in [0, 0.1) is 6.92 Å². The second-order valence-corrected chi connectivity index (χ2v) is 8.18. The fraction of sp³-hybridized carbons (Fsp3) is 0.304. The SMILES string of the molecule is COc1ccc(OCC(O)CN(Cc2ccccc2)Cc2ccc(C)s2)cc1. The van der Waals surface area contributed by atoms with Crippen molar-refractivity contribution in [3.05, 3.63) is 82.0 Å². The smallest absolute Gasteiger partial charge is 0.119 e. The molecule has 3 aromatic rings. The highest BCUT2D eigenvalue weighted by molar-refractivity contribution is 7.11. The molecule has 0 fully saturated rings. The Balaban J connectivity index is 1.58. The van der Waals surface area contributed by atoms with E-state index in [0.29, 0.717) is 6.54 Å². The second-order valence-electron chi connectivity index (χ2n) is 6.81. The molecule has 1 unspecified atom stereocenters. The Labute approximate surface area is 171 Å². The molecule has 1 atom stereocenters. The van der Waals surface area contributed by atoms with Gasteiger partial charge in [-0.2, -0.15) is 0 Å². The number of methoxy groups -OCH3 is 1. The lowest BCUT2D eigenvalue weighted by atomic mass is 10.2. The highest BCUT2D eigenvalue weighted by atomic mass is 32.1. The maximum absolute atomic E-state index is 10.6. The highest BCUT2D eigenvalue weighted by Crippen LogP contribution is 2.20. The van der Waals surface area contributed by atoms with E-state index in [1.807, 2.05) is 42.5 Å². The Kier molecular flexibility index (Phi) is 7.48. The van der Waals surface area contributed by atoms with Gasteiger partial charge in [0.15, 0.2) is 0 Å². The van der Waals surface area contributed by atoms with Crippen molar-refractivity contribution in [2.75, 3.05) is 20.3 Å². The third-order valence-electron chi connectivity index (χ3n) is 4.40. The van der Waals surface area contributed by atoms with E-state index in [0.717, 1.165) is 24.6 Å². The predicted octanol–water partition coefficient (Wildman–Crippen LogP) is 4.51. The van der Waals surface area contributed by atoms with Gasteiger partial charge >= 0.3 is 0 Å². The summed E-state index contributed by atoms with van der Waals surface area (Å²) < 4.78 is 10.9. The largest absolute Gasteiger partial charge is 0.497 e. The molecule has 0 saturated heterocycles. The average molecular weight is 398 g/mol. The molecule has 0 aliphatic carbocycles. The molecular formula is C23H27NO3S. The summed E-state index contributed by atoms with van der Waals surface area (Å²) in [6, 6.07) is 22.1. The molecule has 28 heavy (non-hydrogen) atoms. The Bertz CT molecular complexity index is 833. The van der Waals surface area contributed by atoms with Crippen LogP contribution in [0.1, 0.15) is 15.3 Å². The normalized spacial score (nSPS) is 12.1. The molecule has 0 aliphatic rings. The number of aryl methyl sites for hydroxylation is 1. The van der Waals surface area contributed by atoms with Gasteiger partial charge in [0, 0.05) is 29.4 Å². The number of rotatable bonds is 10. The minimum atomic E-state index is -0.577. The third-order valence-corrected chi connectivity index (χ3v) is 5.38. The Morgan fingerprint density at radius 2 is 1.64 bits per heavy atom. The Hall–Kier alpha value is -2.34. The van der Waals surface area contributed by atoms with Crippen LogP contribution in [0.5, 0.6) is 11.5 Å². The Morgan fingerprint density at radius 1 is 0.929 bits per heavy atom. The molecule has 3 rings (SSSR count). The summed E-state index contributed by atoms with van der Waals surface area (Å²) in [5.41, 5.74) is 1.24. The molecule has 0 radical (unpaired) electrons. The van der Waals surface area contributed by atoms with Gasteiger partial charge in [-0.05, 0) is 48.9 Å². The summed E-state index contributed by atoms with van der Waals surface area (Å²) in [5, 5.41) is 10.6. The van der Waals surface area contributed by atoms with Crippen LogP contribution in [-0.2, 0) is 13.1 Å². The lowest BCUT2D eigenvalue weighted by Crippen LogP contribution is -2.34. The van der Waals surface area contributed by atoms with Crippen LogP contribution in [0.3, 0.4) is 0 Å². The number of benzene rings is 2. The average Bonchev–Trinajstić information content (AvgIpc) is 3.12. The van der Waals surface area contributed by atoms with E-state index in [4.69, 9.17) is 9.47 Å². The van der Waals surface area contributed by atoms with Gasteiger partial charge in [0.2, 0.25) is 0 Å². The molecular weight excluding hydrogens is 370 g/mol. The van der Waals surface area contributed by atoms with Gasteiger partial charge in [-0.25, -0.2) is 0 Å². The molecule has 1 aromatic heterocycles. The van der Waals surface area contributed by atoms with Crippen molar-refractivity contribution in [2.45, 2.75) is 26.1 Å². The van der Waals surface area contributed by atoms with E-state index in [9.17, 15) is 5.11 Å². The molecule has 1 N–H and O–H groups in total. The summed E-state index contributed by atoms with van der Waals surface area (Å²) in [4.78, 5) is 4.87. The van der Waals surface area contributed by atoms with Crippen LogP contribution in [-0.4, -0.2) is 36.4 Å². The first kappa shape index (κ1) is 20.4. The van der Waals surface area contributed by atoms with Gasteiger partial charge in [0.05, 0.1) is 7.11 Å². The molecule has 2 aromatic carbocycles. The van der Waals surface area contributed by atoms with Crippen molar-refractivity contribution < 1.29 is 14.6 Å². The standard InChI is InChI=1S/C23H27NO3S/c1-18-8-13-23(28-18)16-24(14-19-6-4-3-5-7-19)15-20(25)17-27-22-11-9-21(26-2)10-12-22/h3-13,20,25H,14-17H2,1-2H3. The highest BCUT2D eigenvalue weighted by Gasteiger charge is 2.15. The van der Waals surface area contributed by atoms with Crippen LogP contribution >= 0.6 is 11.3 Å². The van der Waals surface area contributed by atoms with E-state index in [1.165, 1.54) is 15.3 Å². The van der Waals surface area contributed by atoms with E-state index in [2.05, 4.69) is 36.1 Å². The van der Waals surface area contributed by atoms with Gasteiger partial charge in [0.1, 0.15) is 24.2 Å². The molecule has 1 heterocycles. The molecule has 5 heteroatoms. The van der Waals surface area contributed by atoms with Gasteiger partial charge in [0.25, 0.3) is 0 Å². The van der Waals surface area contributed by atoms with Crippen molar-refractivity contribution in [2.24, 2.45) is 0 Å². The lowest BCUT2D eigenvalue weighted by Gasteiger charge is -2.25. The minimum Gasteiger partial charge on any atom is -0.497 e. The summed E-state index contributed by atoms with van der Waals surface area (Å²) in [7, 11) is 1.63. The van der Waals surface area contributed by atoms with E-state index >= 15 is 0 Å². The monoisotopic (exact) mass is 397 g/mol. The number of hydrogen-bond acceptors (Lipinski definition) is 5. The summed E-state index contributed by atoms with van der Waals surface area (Å²) >= 11 is 1.80. The van der Waals surface area contributed by atoms with Crippen molar-refractivity contribution in [1.29, 1.82) is 0 Å². The summed E-state index contributed by atoms with van der Waals surface area (Å²) in [5.74, 6) is 1.51. The number of thiophene rings is 1. The minimum absolute atomic E-state index is 0.251. The zero-order chi connectivity index (χ0) is 19.8. The summed E-state index contributed by atoms with van der Waals surface area (Å²) in [6.07, 6.45) is -0.577. The van der Waals surface area contributed by atoms with E-state index < -0.39 is 6.10 Å². The topological polar surface area (TPSA) is 41.9 Å². The molecule has 0 amide bonds. The van der Waals surface area contributed by atoms with Crippen molar-refractivity contribution in [3.63, 3.8) is 0 Å². The fourth-order valence-corrected chi connectivity index (χ4v) is 3.97. The number of aliphatic hydroxyl groups is 1. The molecule has 4 nitrogen and oxygen atoms in total. The van der Waals surface area contributed by atoms with E-state index in [1.54, 1.807) is 18.4 Å². The van der Waals surface area contributed by atoms with Gasteiger partial charge < -0.3 is 14.6 Å². The van der Waals surface area contributed by atoms with Gasteiger partial charge in [-0.1, -0.05) is 30.3 Å². The van der Waals surface area contributed by atoms with Crippen LogP contribution in [0.25, 0.3) is 0 Å². The molecule has 0 saturated carbocycles. The molecule has 0 spiro atoms. The van der Waals surface area contributed by atoms with Crippen LogP contribution in [0.2, 0.25) is 0 Å². The first-order valence-electron chi connectivity index (χ1n) is 9.39. The molecule has 0 bridgehead atoms.